The molecule has 0 spiro atoms. The lowest BCUT2D eigenvalue weighted by Crippen LogP contribution is -2.37. The molecule has 0 fully saturated rings. The molecule has 0 aliphatic carbocycles. The van der Waals surface area contributed by atoms with E-state index >= 15 is 0 Å². The Morgan fingerprint density at radius 1 is 0.818 bits per heavy atom. The molecule has 11 heteroatoms. The van der Waals surface area contributed by atoms with E-state index in [4.69, 9.17) is 16.2 Å². The van der Waals surface area contributed by atoms with Crippen LogP contribution in [-0.4, -0.2) is 88.9 Å². The number of amides is 2. The number of carbonyl (C=O) groups is 2. The number of hydrogen-bond donors (Lipinski definition) is 6. The highest BCUT2D eigenvalue weighted by molar-refractivity contribution is 8.76. The molecule has 0 rings (SSSR count). The molecule has 0 aromatic carbocycles. The average Bonchev–Trinajstić information content (AvgIpc) is 2.81. The summed E-state index contributed by atoms with van der Waals surface area (Å²) in [7, 11) is 3.39. The van der Waals surface area contributed by atoms with Crippen molar-refractivity contribution in [1.82, 2.24) is 21.3 Å². The lowest BCUT2D eigenvalue weighted by molar-refractivity contribution is -0.127. The second-order valence-corrected chi connectivity index (χ2v) is 10.5. The van der Waals surface area contributed by atoms with E-state index in [0.29, 0.717) is 32.6 Å². The van der Waals surface area contributed by atoms with Gasteiger partial charge in [0.1, 0.15) is 6.61 Å². The van der Waals surface area contributed by atoms with Gasteiger partial charge in [-0.25, -0.2) is 0 Å². The van der Waals surface area contributed by atoms with Gasteiger partial charge in [0.15, 0.2) is 0 Å². The molecule has 0 aromatic rings. The Kier molecular flexibility index (Phi) is 25.6. The molecule has 0 heterocycles. The Bertz CT molecular complexity index is 464. The van der Waals surface area contributed by atoms with Gasteiger partial charge in [-0.15, -0.1) is 0 Å². The van der Waals surface area contributed by atoms with E-state index in [0.717, 1.165) is 76.9 Å². The van der Waals surface area contributed by atoms with Crippen molar-refractivity contribution in [3.05, 3.63) is 0 Å². The molecule has 196 valence electrons. The molecular formula is C22H48N6O3S2. The van der Waals surface area contributed by atoms with Crippen molar-refractivity contribution in [1.29, 1.82) is 0 Å². The van der Waals surface area contributed by atoms with E-state index in [1.807, 2.05) is 6.26 Å². The number of nitrogens with one attached hydrogen (secondary N) is 4. The lowest BCUT2D eigenvalue weighted by Gasteiger charge is -2.19. The highest BCUT2D eigenvalue weighted by Crippen LogP contribution is 2.17. The van der Waals surface area contributed by atoms with E-state index in [2.05, 4.69) is 21.3 Å². The summed E-state index contributed by atoms with van der Waals surface area (Å²) < 4.78 is 5.84. The van der Waals surface area contributed by atoms with Crippen LogP contribution in [-0.2, 0) is 14.3 Å². The maximum absolute atomic E-state index is 12.1. The van der Waals surface area contributed by atoms with E-state index in [1.54, 1.807) is 21.6 Å². The number of ether oxygens (including phenoxy) is 1. The fourth-order valence-corrected chi connectivity index (χ4v) is 4.14. The van der Waals surface area contributed by atoms with Crippen LogP contribution in [0.5, 0.6) is 0 Å². The normalized spacial score (nSPS) is 12.0. The average molecular weight is 509 g/mol. The molecule has 9 nitrogen and oxygen atoms in total. The van der Waals surface area contributed by atoms with Gasteiger partial charge in [-0.05, 0) is 71.1 Å². The third kappa shape index (κ3) is 24.4. The predicted octanol–water partition coefficient (Wildman–Crippen LogP) is 0.833. The van der Waals surface area contributed by atoms with Gasteiger partial charge in [0.25, 0.3) is 0 Å². The van der Waals surface area contributed by atoms with Crippen LogP contribution in [0.2, 0.25) is 0 Å². The van der Waals surface area contributed by atoms with Crippen LogP contribution >= 0.6 is 21.6 Å². The van der Waals surface area contributed by atoms with Crippen molar-refractivity contribution in [2.75, 3.05) is 71.0 Å². The molecule has 0 aromatic heterocycles. The van der Waals surface area contributed by atoms with Gasteiger partial charge in [0, 0.05) is 31.8 Å². The third-order valence-corrected chi connectivity index (χ3v) is 6.67. The summed E-state index contributed by atoms with van der Waals surface area (Å²) in [4.78, 5) is 23.7. The number of rotatable bonds is 25. The molecule has 0 aliphatic heterocycles. The van der Waals surface area contributed by atoms with Gasteiger partial charge in [-0.3, -0.25) is 9.59 Å². The number of hydrogen-bond acceptors (Lipinski definition) is 9. The Morgan fingerprint density at radius 2 is 1.45 bits per heavy atom. The van der Waals surface area contributed by atoms with Crippen LogP contribution in [0.15, 0.2) is 0 Å². The van der Waals surface area contributed by atoms with Crippen LogP contribution in [0.3, 0.4) is 0 Å². The Hall–Kier alpha value is -0.560. The second-order valence-electron chi connectivity index (χ2n) is 7.81. The molecule has 0 saturated heterocycles. The molecule has 1 atom stereocenters. The van der Waals surface area contributed by atoms with Gasteiger partial charge in [0.05, 0.1) is 6.10 Å². The monoisotopic (exact) mass is 508 g/mol. The first kappa shape index (κ1) is 32.4. The first-order valence-electron chi connectivity index (χ1n) is 12.3. The Balaban J connectivity index is 3.78. The molecule has 1 unspecified atom stereocenters. The van der Waals surface area contributed by atoms with E-state index in [9.17, 15) is 9.59 Å². The molecule has 0 bridgehead atoms. The van der Waals surface area contributed by atoms with Crippen molar-refractivity contribution < 1.29 is 14.3 Å². The van der Waals surface area contributed by atoms with Gasteiger partial charge in [0.2, 0.25) is 11.8 Å². The maximum Gasteiger partial charge on any atom is 0.246 e. The van der Waals surface area contributed by atoms with E-state index < -0.39 is 0 Å². The van der Waals surface area contributed by atoms with E-state index in [-0.39, 0.29) is 24.5 Å². The Morgan fingerprint density at radius 3 is 2.09 bits per heavy atom. The number of carbonyl (C=O) groups excluding carboxylic acids is 2. The van der Waals surface area contributed by atoms with Crippen molar-refractivity contribution >= 4 is 33.4 Å². The molecule has 33 heavy (non-hydrogen) atoms. The van der Waals surface area contributed by atoms with Crippen LogP contribution in [0.1, 0.15) is 51.4 Å². The third-order valence-electron chi connectivity index (χ3n) is 4.86. The maximum atomic E-state index is 12.1. The van der Waals surface area contributed by atoms with Crippen LogP contribution in [0.25, 0.3) is 0 Å². The summed E-state index contributed by atoms with van der Waals surface area (Å²) in [6, 6.07) is 0. The minimum atomic E-state index is -0.0755. The van der Waals surface area contributed by atoms with E-state index in [1.165, 1.54) is 0 Å². The highest BCUT2D eigenvalue weighted by atomic mass is 33.1. The lowest BCUT2D eigenvalue weighted by atomic mass is 10.2. The summed E-state index contributed by atoms with van der Waals surface area (Å²) in [6.07, 6.45) is 9.25. The molecule has 8 N–H and O–H groups in total. The van der Waals surface area contributed by atoms with Crippen molar-refractivity contribution in [2.45, 2.75) is 57.5 Å². The van der Waals surface area contributed by atoms with Crippen molar-refractivity contribution in [3.8, 4) is 0 Å². The summed E-state index contributed by atoms with van der Waals surface area (Å²) in [6.45, 7) is 6.09. The minimum absolute atomic E-state index is 0.0200. The SMILES string of the molecule is CSSCCC(=O)NCCCCCCNC(=O)COC(CCNCCCN)CNCCCN. The number of unbranched alkanes of at least 4 members (excludes halogenated alkanes) is 3. The molecule has 0 saturated carbocycles. The summed E-state index contributed by atoms with van der Waals surface area (Å²) in [5.41, 5.74) is 11.0. The fourth-order valence-electron chi connectivity index (χ4n) is 2.96. The Labute approximate surface area is 208 Å². The smallest absolute Gasteiger partial charge is 0.246 e. The quantitative estimate of drug-likeness (QED) is 0.0780. The molecule has 0 aliphatic rings. The fraction of sp³-hybridized carbons (Fsp3) is 0.909. The predicted molar refractivity (Wildman–Crippen MR) is 143 cm³/mol. The molecule has 0 radical (unpaired) electrons. The zero-order chi connectivity index (χ0) is 24.4. The van der Waals surface area contributed by atoms with Crippen LogP contribution in [0.4, 0.5) is 0 Å². The first-order valence-corrected chi connectivity index (χ1v) is 15.0. The highest BCUT2D eigenvalue weighted by Gasteiger charge is 2.11. The van der Waals surface area contributed by atoms with Gasteiger partial charge in [-0.1, -0.05) is 34.4 Å². The summed E-state index contributed by atoms with van der Waals surface area (Å²) in [5.74, 6) is 0.907. The zero-order valence-corrected chi connectivity index (χ0v) is 22.1. The van der Waals surface area contributed by atoms with Crippen molar-refractivity contribution in [2.24, 2.45) is 11.5 Å². The molecule has 2 amide bonds. The summed E-state index contributed by atoms with van der Waals surface area (Å²) >= 11 is 0. The van der Waals surface area contributed by atoms with Gasteiger partial charge >= 0.3 is 0 Å². The van der Waals surface area contributed by atoms with Crippen LogP contribution in [0, 0.1) is 0 Å². The van der Waals surface area contributed by atoms with Gasteiger partial charge in [-0.2, -0.15) is 0 Å². The second kappa shape index (κ2) is 26.1. The number of nitrogens with two attached hydrogens (primary N) is 2. The standard InChI is InChI=1S/C22H48N6O3S2/c1-32-33-17-9-21(29)27-14-4-2-3-5-15-28-22(30)19-31-20(18-26-13-7-11-24)8-16-25-12-6-10-23/h20,25-26H,2-19,23-24H2,1H3,(H,27,29)(H,28,30). The zero-order valence-electron chi connectivity index (χ0n) is 20.5. The first-order chi connectivity index (χ1) is 16.1. The van der Waals surface area contributed by atoms with Gasteiger partial charge < -0.3 is 37.5 Å². The summed E-state index contributed by atoms with van der Waals surface area (Å²) in [5, 5.41) is 12.6. The molecular weight excluding hydrogens is 460 g/mol. The van der Waals surface area contributed by atoms with Crippen molar-refractivity contribution in [3.63, 3.8) is 0 Å². The largest absolute Gasteiger partial charge is 0.367 e. The topological polar surface area (TPSA) is 144 Å². The van der Waals surface area contributed by atoms with Crippen LogP contribution < -0.4 is 32.7 Å². The minimum Gasteiger partial charge on any atom is -0.367 e.